The highest BCUT2D eigenvalue weighted by Gasteiger charge is 2.34. The predicted octanol–water partition coefficient (Wildman–Crippen LogP) is 1.21. The molecule has 3 rings (SSSR count). The lowest BCUT2D eigenvalue weighted by atomic mass is 9.95. The molecule has 0 bridgehead atoms. The average molecular weight is 315 g/mol. The number of carbonyl (C=O) groups is 3. The Hall–Kier alpha value is -2.37. The SMILES string of the molecule is O=C1NC(=O)C(CC(=O)N2CCCCC2Cc2ccccc2)N1. The second-order valence-electron chi connectivity index (χ2n) is 6.15. The van der Waals surface area contributed by atoms with E-state index in [1.54, 1.807) is 0 Å². The van der Waals surface area contributed by atoms with E-state index >= 15 is 0 Å². The summed E-state index contributed by atoms with van der Waals surface area (Å²) in [6.07, 6.45) is 3.94. The minimum Gasteiger partial charge on any atom is -0.339 e. The van der Waals surface area contributed by atoms with Crippen molar-refractivity contribution in [2.24, 2.45) is 0 Å². The highest BCUT2D eigenvalue weighted by atomic mass is 16.2. The Bertz CT molecular complexity index is 602. The molecule has 0 aromatic heterocycles. The lowest BCUT2D eigenvalue weighted by molar-refractivity contribution is -0.137. The van der Waals surface area contributed by atoms with Crippen LogP contribution in [0.3, 0.4) is 0 Å². The molecular weight excluding hydrogens is 294 g/mol. The third kappa shape index (κ3) is 3.70. The molecule has 23 heavy (non-hydrogen) atoms. The first-order valence-electron chi connectivity index (χ1n) is 8.08. The van der Waals surface area contributed by atoms with Crippen LogP contribution in [0.15, 0.2) is 30.3 Å². The zero-order valence-electron chi connectivity index (χ0n) is 13.0. The molecule has 6 heteroatoms. The number of likely N-dealkylation sites (tertiary alicyclic amines) is 1. The molecule has 2 unspecified atom stereocenters. The van der Waals surface area contributed by atoms with Crippen LogP contribution >= 0.6 is 0 Å². The minimum atomic E-state index is -0.741. The summed E-state index contributed by atoms with van der Waals surface area (Å²) in [5.74, 6) is -0.479. The molecule has 0 radical (unpaired) electrons. The van der Waals surface area contributed by atoms with Crippen LogP contribution in [0.5, 0.6) is 0 Å². The van der Waals surface area contributed by atoms with Crippen molar-refractivity contribution in [2.45, 2.75) is 44.2 Å². The molecule has 1 aromatic rings. The summed E-state index contributed by atoms with van der Waals surface area (Å²) in [5, 5.41) is 4.66. The number of rotatable bonds is 4. The summed E-state index contributed by atoms with van der Waals surface area (Å²) < 4.78 is 0. The number of imide groups is 1. The van der Waals surface area contributed by atoms with Gasteiger partial charge in [0, 0.05) is 12.6 Å². The zero-order valence-corrected chi connectivity index (χ0v) is 13.0. The Balaban J connectivity index is 1.64. The van der Waals surface area contributed by atoms with Crippen LogP contribution in [0.25, 0.3) is 0 Å². The number of urea groups is 1. The van der Waals surface area contributed by atoms with Crippen molar-refractivity contribution in [1.82, 2.24) is 15.5 Å². The number of amides is 4. The van der Waals surface area contributed by atoms with Gasteiger partial charge >= 0.3 is 6.03 Å². The molecule has 2 heterocycles. The Morgan fingerprint density at radius 2 is 1.96 bits per heavy atom. The number of benzene rings is 1. The van der Waals surface area contributed by atoms with E-state index < -0.39 is 18.0 Å². The Labute approximate surface area is 135 Å². The number of nitrogens with zero attached hydrogens (tertiary/aromatic N) is 1. The Morgan fingerprint density at radius 1 is 1.17 bits per heavy atom. The van der Waals surface area contributed by atoms with Crippen molar-refractivity contribution >= 4 is 17.8 Å². The Kier molecular flexibility index (Phi) is 4.60. The van der Waals surface area contributed by atoms with Gasteiger partial charge in [0.15, 0.2) is 0 Å². The van der Waals surface area contributed by atoms with Crippen molar-refractivity contribution in [3.8, 4) is 0 Å². The largest absolute Gasteiger partial charge is 0.339 e. The van der Waals surface area contributed by atoms with Crippen molar-refractivity contribution in [3.05, 3.63) is 35.9 Å². The van der Waals surface area contributed by atoms with E-state index in [1.807, 2.05) is 23.1 Å². The number of carbonyl (C=O) groups excluding carboxylic acids is 3. The maximum absolute atomic E-state index is 12.6. The molecule has 2 atom stereocenters. The normalized spacial score (nSPS) is 24.3. The van der Waals surface area contributed by atoms with Crippen molar-refractivity contribution in [1.29, 1.82) is 0 Å². The van der Waals surface area contributed by atoms with Crippen molar-refractivity contribution in [3.63, 3.8) is 0 Å². The van der Waals surface area contributed by atoms with Gasteiger partial charge in [-0.25, -0.2) is 4.79 Å². The van der Waals surface area contributed by atoms with Crippen LogP contribution in [0, 0.1) is 0 Å². The van der Waals surface area contributed by atoms with Gasteiger partial charge < -0.3 is 10.2 Å². The van der Waals surface area contributed by atoms with Crippen LogP contribution in [0.1, 0.15) is 31.2 Å². The van der Waals surface area contributed by atoms with Gasteiger partial charge in [-0.3, -0.25) is 14.9 Å². The van der Waals surface area contributed by atoms with E-state index in [9.17, 15) is 14.4 Å². The van der Waals surface area contributed by atoms with Crippen LogP contribution in [-0.4, -0.2) is 41.4 Å². The summed E-state index contributed by atoms with van der Waals surface area (Å²) in [4.78, 5) is 37.3. The molecule has 0 spiro atoms. The standard InChI is InChI=1S/C17H21N3O3/c21-15(11-14-16(22)19-17(23)18-14)20-9-5-4-8-13(20)10-12-6-2-1-3-7-12/h1-3,6-7,13-14H,4-5,8-11H2,(H2,18,19,22,23). The van der Waals surface area contributed by atoms with Gasteiger partial charge in [0.25, 0.3) is 5.91 Å². The summed E-state index contributed by atoms with van der Waals surface area (Å²) >= 11 is 0. The molecule has 6 nitrogen and oxygen atoms in total. The van der Waals surface area contributed by atoms with Crippen LogP contribution in [0.2, 0.25) is 0 Å². The molecule has 2 fully saturated rings. The van der Waals surface area contributed by atoms with Crippen LogP contribution < -0.4 is 10.6 Å². The summed E-state index contributed by atoms with van der Waals surface area (Å²) in [5.41, 5.74) is 1.21. The molecule has 0 aliphatic carbocycles. The van der Waals surface area contributed by atoms with Crippen LogP contribution in [0.4, 0.5) is 4.79 Å². The summed E-state index contributed by atoms with van der Waals surface area (Å²) in [6.45, 7) is 0.721. The number of nitrogens with one attached hydrogen (secondary N) is 2. The highest BCUT2D eigenvalue weighted by Crippen LogP contribution is 2.22. The van der Waals surface area contributed by atoms with Gasteiger partial charge in [0.2, 0.25) is 5.91 Å². The van der Waals surface area contributed by atoms with Gasteiger partial charge in [0.05, 0.1) is 6.42 Å². The van der Waals surface area contributed by atoms with Gasteiger partial charge in [0.1, 0.15) is 6.04 Å². The molecule has 4 amide bonds. The van der Waals surface area contributed by atoms with Gasteiger partial charge in [-0.1, -0.05) is 30.3 Å². The second-order valence-corrected chi connectivity index (χ2v) is 6.15. The molecule has 0 saturated carbocycles. The third-order valence-corrected chi connectivity index (χ3v) is 4.50. The molecule has 2 saturated heterocycles. The number of hydrogen-bond acceptors (Lipinski definition) is 3. The first-order chi connectivity index (χ1) is 11.1. The molecule has 2 N–H and O–H groups in total. The quantitative estimate of drug-likeness (QED) is 0.820. The molecule has 1 aromatic carbocycles. The van der Waals surface area contributed by atoms with Gasteiger partial charge in [-0.05, 0) is 31.2 Å². The minimum absolute atomic E-state index is 0.0306. The van der Waals surface area contributed by atoms with E-state index in [-0.39, 0.29) is 18.4 Å². The van der Waals surface area contributed by atoms with Crippen LogP contribution in [-0.2, 0) is 16.0 Å². The van der Waals surface area contributed by atoms with E-state index in [0.717, 1.165) is 32.2 Å². The smallest absolute Gasteiger partial charge is 0.322 e. The first kappa shape index (κ1) is 15.5. The first-order valence-corrected chi connectivity index (χ1v) is 8.08. The molecule has 122 valence electrons. The third-order valence-electron chi connectivity index (χ3n) is 4.50. The average Bonchev–Trinajstić information content (AvgIpc) is 2.86. The van der Waals surface area contributed by atoms with Gasteiger partial charge in [-0.15, -0.1) is 0 Å². The fourth-order valence-electron chi connectivity index (χ4n) is 3.32. The fraction of sp³-hybridized carbons (Fsp3) is 0.471. The lowest BCUT2D eigenvalue weighted by Gasteiger charge is -2.36. The summed E-state index contributed by atoms with van der Waals surface area (Å²) in [6, 6.07) is 9.03. The van der Waals surface area contributed by atoms with Crippen molar-refractivity contribution in [2.75, 3.05) is 6.54 Å². The number of hydrogen-bond donors (Lipinski definition) is 2. The second kappa shape index (κ2) is 6.81. The molecule has 2 aliphatic heterocycles. The van der Waals surface area contributed by atoms with Gasteiger partial charge in [-0.2, -0.15) is 0 Å². The topological polar surface area (TPSA) is 78.5 Å². The van der Waals surface area contributed by atoms with E-state index in [2.05, 4.69) is 22.8 Å². The Morgan fingerprint density at radius 3 is 2.65 bits per heavy atom. The monoisotopic (exact) mass is 315 g/mol. The lowest BCUT2D eigenvalue weighted by Crippen LogP contribution is -2.47. The maximum Gasteiger partial charge on any atom is 0.322 e. The molecule has 2 aliphatic rings. The number of piperidine rings is 1. The van der Waals surface area contributed by atoms with E-state index in [1.165, 1.54) is 5.56 Å². The zero-order chi connectivity index (χ0) is 16.2. The van der Waals surface area contributed by atoms with E-state index in [4.69, 9.17) is 0 Å². The maximum atomic E-state index is 12.6. The van der Waals surface area contributed by atoms with E-state index in [0.29, 0.717) is 0 Å². The van der Waals surface area contributed by atoms with Crippen molar-refractivity contribution < 1.29 is 14.4 Å². The predicted molar refractivity (Wildman–Crippen MR) is 84.6 cm³/mol. The summed E-state index contributed by atoms with van der Waals surface area (Å²) in [7, 11) is 0. The molecular formula is C17H21N3O3. The fourth-order valence-corrected chi connectivity index (χ4v) is 3.32. The highest BCUT2D eigenvalue weighted by molar-refractivity contribution is 6.05.